The van der Waals surface area contributed by atoms with Crippen LogP contribution in [0, 0.1) is 0 Å². The third kappa shape index (κ3) is 4.64. The largest absolute Gasteiger partial charge is 0.377 e. The van der Waals surface area contributed by atoms with E-state index in [0.29, 0.717) is 6.42 Å². The maximum atomic E-state index is 11.8. The van der Waals surface area contributed by atoms with Gasteiger partial charge >= 0.3 is 0 Å². The van der Waals surface area contributed by atoms with Crippen molar-refractivity contribution in [2.75, 3.05) is 27.3 Å². The van der Waals surface area contributed by atoms with Crippen LogP contribution < -0.4 is 11.1 Å². The van der Waals surface area contributed by atoms with Crippen LogP contribution in [0.3, 0.4) is 0 Å². The van der Waals surface area contributed by atoms with E-state index < -0.39 is 5.54 Å². The van der Waals surface area contributed by atoms with E-state index in [1.807, 2.05) is 20.8 Å². The molecule has 1 aliphatic heterocycles. The molecule has 0 saturated carbocycles. The van der Waals surface area contributed by atoms with Gasteiger partial charge in [0.25, 0.3) is 0 Å². The first kappa shape index (κ1) is 18.4. The van der Waals surface area contributed by atoms with Gasteiger partial charge in [-0.15, -0.1) is 0 Å². The van der Waals surface area contributed by atoms with Crippen molar-refractivity contribution in [3.63, 3.8) is 0 Å². The van der Waals surface area contributed by atoms with Crippen molar-refractivity contribution in [3.8, 4) is 0 Å². The number of amides is 1. The highest BCUT2D eigenvalue weighted by molar-refractivity contribution is 5.84. The minimum Gasteiger partial charge on any atom is -0.377 e. The number of methoxy groups -OCH3 is 2. The van der Waals surface area contributed by atoms with Gasteiger partial charge in [0.2, 0.25) is 5.91 Å². The number of ether oxygens (including phenoxy) is 2. The molecule has 1 saturated heterocycles. The zero-order valence-corrected chi connectivity index (χ0v) is 14.2. The van der Waals surface area contributed by atoms with Gasteiger partial charge in [-0.3, -0.25) is 9.69 Å². The fourth-order valence-electron chi connectivity index (χ4n) is 3.17. The molecule has 0 radical (unpaired) electrons. The van der Waals surface area contributed by atoms with Crippen molar-refractivity contribution < 1.29 is 14.3 Å². The number of carbonyl (C=O) groups excluding carboxylic acids is 1. The van der Waals surface area contributed by atoms with Gasteiger partial charge in [0.15, 0.2) is 0 Å². The second-order valence-electron chi connectivity index (χ2n) is 6.55. The van der Waals surface area contributed by atoms with Crippen molar-refractivity contribution in [2.24, 2.45) is 5.73 Å². The molecule has 21 heavy (non-hydrogen) atoms. The van der Waals surface area contributed by atoms with Crippen LogP contribution in [0.4, 0.5) is 0 Å². The van der Waals surface area contributed by atoms with Gasteiger partial charge in [-0.2, -0.15) is 0 Å². The van der Waals surface area contributed by atoms with E-state index in [4.69, 9.17) is 15.2 Å². The first-order valence-corrected chi connectivity index (χ1v) is 7.60. The van der Waals surface area contributed by atoms with Gasteiger partial charge in [0.05, 0.1) is 17.7 Å². The topological polar surface area (TPSA) is 76.8 Å². The van der Waals surface area contributed by atoms with Crippen LogP contribution in [0.15, 0.2) is 0 Å². The normalized spacial score (nSPS) is 27.8. The van der Waals surface area contributed by atoms with E-state index in [1.54, 1.807) is 14.2 Å². The first-order valence-electron chi connectivity index (χ1n) is 7.60. The molecule has 0 aromatic rings. The van der Waals surface area contributed by atoms with E-state index in [0.717, 1.165) is 13.1 Å². The standard InChI is InChI=1S/C15H31N3O3/c1-10(2)17-15(4,14(16)19)7-11(3)18-8-12(20-5)13(9-18)21-6/h10-13,17H,7-9H2,1-6H3,(H2,16,19). The smallest absolute Gasteiger partial charge is 0.237 e. The van der Waals surface area contributed by atoms with E-state index in [1.165, 1.54) is 0 Å². The van der Waals surface area contributed by atoms with E-state index in [-0.39, 0.29) is 30.2 Å². The van der Waals surface area contributed by atoms with Crippen LogP contribution >= 0.6 is 0 Å². The summed E-state index contributed by atoms with van der Waals surface area (Å²) in [7, 11) is 3.41. The highest BCUT2D eigenvalue weighted by Crippen LogP contribution is 2.23. The van der Waals surface area contributed by atoms with Gasteiger partial charge < -0.3 is 20.5 Å². The molecule has 1 aliphatic rings. The molecule has 6 nitrogen and oxygen atoms in total. The van der Waals surface area contributed by atoms with Gasteiger partial charge in [-0.05, 0) is 34.1 Å². The summed E-state index contributed by atoms with van der Waals surface area (Å²) in [6, 6.07) is 0.415. The number of carbonyl (C=O) groups is 1. The van der Waals surface area contributed by atoms with Crippen molar-refractivity contribution in [1.29, 1.82) is 0 Å². The number of likely N-dealkylation sites (tertiary alicyclic amines) is 1. The number of hydrogen-bond donors (Lipinski definition) is 2. The Morgan fingerprint density at radius 3 is 2.10 bits per heavy atom. The zero-order valence-electron chi connectivity index (χ0n) is 14.2. The van der Waals surface area contributed by atoms with Crippen molar-refractivity contribution in [2.45, 2.75) is 63.9 Å². The Morgan fingerprint density at radius 1 is 1.29 bits per heavy atom. The summed E-state index contributed by atoms with van der Waals surface area (Å²) >= 11 is 0. The molecule has 0 aromatic carbocycles. The first-order chi connectivity index (χ1) is 9.73. The summed E-state index contributed by atoms with van der Waals surface area (Å²) in [4.78, 5) is 14.1. The van der Waals surface area contributed by atoms with Crippen LogP contribution in [0.5, 0.6) is 0 Å². The fraction of sp³-hybridized carbons (Fsp3) is 0.933. The second-order valence-corrected chi connectivity index (χ2v) is 6.55. The lowest BCUT2D eigenvalue weighted by molar-refractivity contribution is -0.124. The molecule has 0 aliphatic carbocycles. The Balaban J connectivity index is 2.70. The second kappa shape index (κ2) is 7.54. The van der Waals surface area contributed by atoms with Crippen molar-refractivity contribution in [3.05, 3.63) is 0 Å². The molecule has 124 valence electrons. The zero-order chi connectivity index (χ0) is 16.2. The summed E-state index contributed by atoms with van der Waals surface area (Å²) in [6.45, 7) is 9.66. The number of rotatable bonds is 8. The number of nitrogens with two attached hydrogens (primary N) is 1. The van der Waals surface area contributed by atoms with Crippen molar-refractivity contribution in [1.82, 2.24) is 10.2 Å². The molecule has 6 heteroatoms. The lowest BCUT2D eigenvalue weighted by Gasteiger charge is -2.35. The molecule has 4 unspecified atom stereocenters. The molecule has 1 heterocycles. The highest BCUT2D eigenvalue weighted by atomic mass is 16.5. The van der Waals surface area contributed by atoms with Crippen LogP contribution in [0.2, 0.25) is 0 Å². The molecular weight excluding hydrogens is 270 g/mol. The van der Waals surface area contributed by atoms with Crippen LogP contribution in [-0.4, -0.2) is 67.9 Å². The van der Waals surface area contributed by atoms with Gasteiger partial charge in [0.1, 0.15) is 0 Å². The molecule has 0 spiro atoms. The quantitative estimate of drug-likeness (QED) is 0.676. The molecule has 1 fully saturated rings. The number of nitrogens with one attached hydrogen (secondary N) is 1. The van der Waals surface area contributed by atoms with Crippen LogP contribution in [0.1, 0.15) is 34.1 Å². The minimum absolute atomic E-state index is 0.0790. The molecule has 1 rings (SSSR count). The Labute approximate surface area is 128 Å². The Kier molecular flexibility index (Phi) is 6.59. The average Bonchev–Trinajstić information content (AvgIpc) is 2.80. The molecule has 0 aromatic heterocycles. The van der Waals surface area contributed by atoms with Crippen molar-refractivity contribution >= 4 is 5.91 Å². The molecule has 3 N–H and O–H groups in total. The third-order valence-corrected chi connectivity index (χ3v) is 4.33. The Morgan fingerprint density at radius 2 is 1.76 bits per heavy atom. The Hall–Kier alpha value is -0.690. The maximum absolute atomic E-state index is 11.8. The summed E-state index contributed by atoms with van der Waals surface area (Å²) in [5, 5.41) is 3.30. The predicted octanol–water partition coefficient (Wildman–Crippen LogP) is 0.353. The van der Waals surface area contributed by atoms with Gasteiger partial charge in [-0.25, -0.2) is 0 Å². The lowest BCUT2D eigenvalue weighted by Crippen LogP contribution is -2.58. The number of nitrogens with zero attached hydrogens (tertiary/aromatic N) is 1. The summed E-state index contributed by atoms with van der Waals surface area (Å²) in [5.74, 6) is -0.311. The molecular formula is C15H31N3O3. The fourth-order valence-corrected chi connectivity index (χ4v) is 3.17. The van der Waals surface area contributed by atoms with E-state index in [9.17, 15) is 4.79 Å². The van der Waals surface area contributed by atoms with Gasteiger partial charge in [0, 0.05) is 39.4 Å². The molecule has 1 amide bonds. The summed E-state index contributed by atoms with van der Waals surface area (Å²) in [6.07, 6.45) is 0.818. The SMILES string of the molecule is COC1CN(C(C)CC(C)(NC(C)C)C(N)=O)CC1OC. The molecule has 0 bridgehead atoms. The van der Waals surface area contributed by atoms with E-state index >= 15 is 0 Å². The summed E-state index contributed by atoms with van der Waals surface area (Å²) in [5.41, 5.74) is 4.90. The van der Waals surface area contributed by atoms with Gasteiger partial charge in [-0.1, -0.05) is 0 Å². The Bertz CT molecular complexity index is 339. The number of hydrogen-bond acceptors (Lipinski definition) is 5. The van der Waals surface area contributed by atoms with E-state index in [2.05, 4.69) is 17.1 Å². The minimum atomic E-state index is -0.707. The number of primary amides is 1. The van der Waals surface area contributed by atoms with Crippen LogP contribution in [-0.2, 0) is 14.3 Å². The summed E-state index contributed by atoms with van der Waals surface area (Å²) < 4.78 is 10.9. The highest BCUT2D eigenvalue weighted by Gasteiger charge is 2.39. The monoisotopic (exact) mass is 301 g/mol. The lowest BCUT2D eigenvalue weighted by atomic mass is 9.91. The average molecular weight is 301 g/mol. The maximum Gasteiger partial charge on any atom is 0.237 e. The molecule has 4 atom stereocenters. The third-order valence-electron chi connectivity index (χ3n) is 4.33. The van der Waals surface area contributed by atoms with Crippen LogP contribution in [0.25, 0.3) is 0 Å². The predicted molar refractivity (Wildman–Crippen MR) is 83.1 cm³/mol.